The molecule has 1 aromatic carbocycles. The molecule has 0 aromatic heterocycles. The minimum atomic E-state index is -1.61. The van der Waals surface area contributed by atoms with E-state index in [1.165, 1.54) is 13.8 Å². The highest BCUT2D eigenvalue weighted by Gasteiger charge is 2.28. The Hall–Kier alpha value is -1.00. The second kappa shape index (κ2) is 3.29. The Kier molecular flexibility index (Phi) is 2.61. The van der Waals surface area contributed by atoms with E-state index in [4.69, 9.17) is 16.7 Å². The average Bonchev–Trinajstić information content (AvgIpc) is 1.98. The molecule has 0 spiro atoms. The first-order valence-corrected chi connectivity index (χ1v) is 4.25. The second-order valence-electron chi connectivity index (χ2n) is 3.47. The minimum absolute atomic E-state index is 0.350. The van der Waals surface area contributed by atoms with Crippen molar-refractivity contribution in [1.82, 2.24) is 0 Å². The van der Waals surface area contributed by atoms with Crippen molar-refractivity contribution >= 4 is 11.6 Å². The molecular weight excluding hydrogens is 211 g/mol. The van der Waals surface area contributed by atoms with Gasteiger partial charge in [-0.2, -0.15) is 0 Å². The summed E-state index contributed by atoms with van der Waals surface area (Å²) in [5.41, 5.74) is -2.03. The third kappa shape index (κ3) is 1.76. The summed E-state index contributed by atoms with van der Waals surface area (Å²) in [6.45, 7) is 2.56. The molecule has 0 radical (unpaired) electrons. The van der Waals surface area contributed by atoms with E-state index >= 15 is 0 Å². The third-order valence-corrected chi connectivity index (χ3v) is 2.06. The van der Waals surface area contributed by atoms with Crippen molar-refractivity contribution in [3.05, 3.63) is 22.5 Å². The smallest absolute Gasteiger partial charge is 0.166 e. The SMILES string of the molecule is CC(C)(O)c1c(O)c(O)cc(Cl)c1F. The molecule has 0 bridgehead atoms. The van der Waals surface area contributed by atoms with Crippen LogP contribution in [0.25, 0.3) is 0 Å². The van der Waals surface area contributed by atoms with Gasteiger partial charge in [-0.15, -0.1) is 0 Å². The van der Waals surface area contributed by atoms with E-state index < -0.39 is 28.5 Å². The summed E-state index contributed by atoms with van der Waals surface area (Å²) in [5.74, 6) is -2.19. The average molecular weight is 221 g/mol. The van der Waals surface area contributed by atoms with Crippen molar-refractivity contribution in [2.24, 2.45) is 0 Å². The van der Waals surface area contributed by atoms with Gasteiger partial charge in [0.1, 0.15) is 0 Å². The van der Waals surface area contributed by atoms with Crippen LogP contribution >= 0.6 is 11.6 Å². The van der Waals surface area contributed by atoms with Crippen LogP contribution in [-0.4, -0.2) is 15.3 Å². The maximum absolute atomic E-state index is 13.4. The van der Waals surface area contributed by atoms with Crippen LogP contribution in [0.3, 0.4) is 0 Å². The zero-order valence-electron chi connectivity index (χ0n) is 7.67. The molecule has 14 heavy (non-hydrogen) atoms. The van der Waals surface area contributed by atoms with Crippen LogP contribution in [0, 0.1) is 5.82 Å². The van der Waals surface area contributed by atoms with Crippen LogP contribution in [0.5, 0.6) is 11.5 Å². The lowest BCUT2D eigenvalue weighted by atomic mass is 9.96. The zero-order valence-corrected chi connectivity index (χ0v) is 8.43. The van der Waals surface area contributed by atoms with E-state index in [-0.39, 0.29) is 5.02 Å². The second-order valence-corrected chi connectivity index (χ2v) is 3.88. The Bertz CT molecular complexity index is 345. The summed E-state index contributed by atoms with van der Waals surface area (Å²) < 4.78 is 13.4. The summed E-state index contributed by atoms with van der Waals surface area (Å²) >= 11 is 5.44. The highest BCUT2D eigenvalue weighted by molar-refractivity contribution is 6.31. The van der Waals surface area contributed by atoms with E-state index in [1.54, 1.807) is 0 Å². The molecule has 0 aliphatic rings. The van der Waals surface area contributed by atoms with E-state index in [0.717, 1.165) is 6.07 Å². The highest BCUT2D eigenvalue weighted by Crippen LogP contribution is 2.40. The first-order chi connectivity index (χ1) is 6.25. The highest BCUT2D eigenvalue weighted by atomic mass is 35.5. The number of hydrogen-bond acceptors (Lipinski definition) is 3. The van der Waals surface area contributed by atoms with Crippen molar-refractivity contribution in [3.8, 4) is 11.5 Å². The molecule has 1 rings (SSSR count). The summed E-state index contributed by atoms with van der Waals surface area (Å²) in [5, 5.41) is 27.7. The lowest BCUT2D eigenvalue weighted by Gasteiger charge is -2.20. The maximum atomic E-state index is 13.4. The molecule has 78 valence electrons. The molecule has 0 saturated heterocycles. The van der Waals surface area contributed by atoms with E-state index in [0.29, 0.717) is 0 Å². The van der Waals surface area contributed by atoms with Crippen LogP contribution in [-0.2, 0) is 5.60 Å². The Morgan fingerprint density at radius 2 is 1.86 bits per heavy atom. The Morgan fingerprint density at radius 3 is 2.29 bits per heavy atom. The van der Waals surface area contributed by atoms with Gasteiger partial charge in [0, 0.05) is 6.07 Å². The fourth-order valence-corrected chi connectivity index (χ4v) is 1.36. The van der Waals surface area contributed by atoms with Gasteiger partial charge in [0.2, 0.25) is 0 Å². The van der Waals surface area contributed by atoms with Gasteiger partial charge in [0.15, 0.2) is 17.3 Å². The molecule has 0 amide bonds. The van der Waals surface area contributed by atoms with Crippen molar-refractivity contribution in [1.29, 1.82) is 0 Å². The molecule has 3 nitrogen and oxygen atoms in total. The number of halogens is 2. The normalized spacial score (nSPS) is 11.8. The van der Waals surface area contributed by atoms with Crippen molar-refractivity contribution in [2.75, 3.05) is 0 Å². The minimum Gasteiger partial charge on any atom is -0.504 e. The molecule has 0 saturated carbocycles. The number of phenolic OH excluding ortho intramolecular Hbond substituents is 2. The molecule has 0 aliphatic heterocycles. The summed E-state index contributed by atoms with van der Waals surface area (Å²) in [6.07, 6.45) is 0. The van der Waals surface area contributed by atoms with E-state index in [2.05, 4.69) is 0 Å². The van der Waals surface area contributed by atoms with E-state index in [1.807, 2.05) is 0 Å². The van der Waals surface area contributed by atoms with E-state index in [9.17, 15) is 14.6 Å². The predicted octanol–water partition coefficient (Wildman–Crippen LogP) is 2.12. The quantitative estimate of drug-likeness (QED) is 0.636. The molecule has 0 heterocycles. The Morgan fingerprint density at radius 1 is 1.36 bits per heavy atom. The van der Waals surface area contributed by atoms with Crippen LogP contribution in [0.2, 0.25) is 5.02 Å². The fraction of sp³-hybridized carbons (Fsp3) is 0.333. The molecule has 1 aromatic rings. The molecule has 3 N–H and O–H groups in total. The molecule has 0 aliphatic carbocycles. The largest absolute Gasteiger partial charge is 0.504 e. The lowest BCUT2D eigenvalue weighted by Crippen LogP contribution is -2.18. The zero-order chi connectivity index (χ0) is 11.1. The summed E-state index contributed by atoms with van der Waals surface area (Å²) in [4.78, 5) is 0. The predicted molar refractivity (Wildman–Crippen MR) is 50.0 cm³/mol. The van der Waals surface area contributed by atoms with Gasteiger partial charge in [-0.3, -0.25) is 0 Å². The van der Waals surface area contributed by atoms with Gasteiger partial charge in [-0.25, -0.2) is 4.39 Å². The monoisotopic (exact) mass is 220 g/mol. The summed E-state index contributed by atoms with van der Waals surface area (Å²) in [7, 11) is 0. The number of benzene rings is 1. The van der Waals surface area contributed by atoms with Gasteiger partial charge < -0.3 is 15.3 Å². The number of aromatic hydroxyl groups is 2. The van der Waals surface area contributed by atoms with Crippen molar-refractivity contribution in [2.45, 2.75) is 19.4 Å². The standard InChI is InChI=1S/C9H10ClFO3/c1-9(2,14)6-7(11)4(10)3-5(12)8(6)13/h3,12-14H,1-2H3. The first-order valence-electron chi connectivity index (χ1n) is 3.88. The van der Waals surface area contributed by atoms with Gasteiger partial charge in [0.05, 0.1) is 16.2 Å². The molecule has 0 fully saturated rings. The number of hydrogen-bond donors (Lipinski definition) is 3. The molecule has 0 atom stereocenters. The topological polar surface area (TPSA) is 60.7 Å². The van der Waals surface area contributed by atoms with Gasteiger partial charge in [-0.05, 0) is 13.8 Å². The van der Waals surface area contributed by atoms with Crippen LogP contribution < -0.4 is 0 Å². The Labute approximate surface area is 85.4 Å². The molecule has 0 unspecified atom stereocenters. The van der Waals surface area contributed by atoms with Crippen LogP contribution in [0.15, 0.2) is 6.07 Å². The number of aliphatic hydroxyl groups is 1. The van der Waals surface area contributed by atoms with Gasteiger partial charge >= 0.3 is 0 Å². The van der Waals surface area contributed by atoms with Gasteiger partial charge in [-0.1, -0.05) is 11.6 Å². The first kappa shape index (κ1) is 11.1. The van der Waals surface area contributed by atoms with Gasteiger partial charge in [0.25, 0.3) is 0 Å². The van der Waals surface area contributed by atoms with Crippen LogP contribution in [0.4, 0.5) is 4.39 Å². The van der Waals surface area contributed by atoms with Crippen molar-refractivity contribution in [3.63, 3.8) is 0 Å². The van der Waals surface area contributed by atoms with Crippen LogP contribution in [0.1, 0.15) is 19.4 Å². The number of rotatable bonds is 1. The fourth-order valence-electron chi connectivity index (χ4n) is 1.16. The third-order valence-electron chi connectivity index (χ3n) is 1.78. The molecular formula is C9H10ClFO3. The molecule has 5 heteroatoms. The lowest BCUT2D eigenvalue weighted by molar-refractivity contribution is 0.0711. The van der Waals surface area contributed by atoms with Crippen molar-refractivity contribution < 1.29 is 19.7 Å². The summed E-state index contributed by atoms with van der Waals surface area (Å²) in [6, 6.07) is 0.876. The Balaban J connectivity index is 3.56. The maximum Gasteiger partial charge on any atom is 0.166 e. The number of phenols is 2.